The average Bonchev–Trinajstić information content (AvgIpc) is 3.80. The number of hydrogen-bond acceptors (Lipinski definition) is 7. The Kier molecular flexibility index (Phi) is 11.3. The molecule has 1 fully saturated rings. The number of carbonyl (C=O) groups excluding carboxylic acids is 3. The lowest BCUT2D eigenvalue weighted by Gasteiger charge is -2.36. The van der Waals surface area contributed by atoms with E-state index in [0.29, 0.717) is 18.4 Å². The first-order valence-corrected chi connectivity index (χ1v) is 16.1. The van der Waals surface area contributed by atoms with Gasteiger partial charge in [-0.3, -0.25) is 9.59 Å². The van der Waals surface area contributed by atoms with E-state index in [-0.39, 0.29) is 48.0 Å². The average molecular weight is 620 g/mol. The fourth-order valence-corrected chi connectivity index (χ4v) is 5.86. The van der Waals surface area contributed by atoms with Crippen molar-refractivity contribution < 1.29 is 33.7 Å². The molecule has 45 heavy (non-hydrogen) atoms. The molecular formula is C37H49NO7. The summed E-state index contributed by atoms with van der Waals surface area (Å²) in [5.74, 6) is -2.28. The molecular weight excluding hydrogens is 570 g/mol. The maximum atomic E-state index is 13.7. The summed E-state index contributed by atoms with van der Waals surface area (Å²) >= 11 is 0. The van der Waals surface area contributed by atoms with Crippen LogP contribution in [0.3, 0.4) is 0 Å². The predicted octanol–water partition coefficient (Wildman–Crippen LogP) is 6.29. The second-order valence-electron chi connectivity index (χ2n) is 13.8. The summed E-state index contributed by atoms with van der Waals surface area (Å²) in [7, 11) is 0. The van der Waals surface area contributed by atoms with Gasteiger partial charge in [0.15, 0.2) is 11.9 Å². The first kappa shape index (κ1) is 34.4. The Bertz CT molecular complexity index is 1340. The molecule has 8 atom stereocenters. The molecule has 2 unspecified atom stereocenters. The Morgan fingerprint density at radius 1 is 0.933 bits per heavy atom. The van der Waals surface area contributed by atoms with Gasteiger partial charge in [-0.05, 0) is 48.6 Å². The standard InChI is InChI=1S/C37H49NO7/c1-22(2)20-31-36(42)44-30(24(4)33-34(45-33)27-12-9-8-10-13-27)15-11-14-29(40)23(3)32(26-16-18-28(39)19-17-26)35(41)38-21-37(6,7)25(5)43-31/h8-14,16-19,22-25,30-34,39H,15,20-21H2,1-7H3,(H,38,41)/b14-11+/t23?,24-,25?,30-,31-,32+,33+,34-/m0/s1. The molecule has 4 rings (SSSR count). The van der Waals surface area contributed by atoms with Crippen LogP contribution in [0.15, 0.2) is 66.7 Å². The number of nitrogens with one attached hydrogen (secondary N) is 1. The number of allylic oxidation sites excluding steroid dienone is 1. The number of cyclic esters (lactones) is 1. The van der Waals surface area contributed by atoms with Crippen molar-refractivity contribution in [2.24, 2.45) is 23.2 Å². The zero-order chi connectivity index (χ0) is 32.9. The zero-order valence-corrected chi connectivity index (χ0v) is 27.6. The number of benzene rings is 2. The highest BCUT2D eigenvalue weighted by Crippen LogP contribution is 2.45. The monoisotopic (exact) mass is 619 g/mol. The van der Waals surface area contributed by atoms with Crippen LogP contribution in [0.4, 0.5) is 0 Å². The molecule has 8 nitrogen and oxygen atoms in total. The van der Waals surface area contributed by atoms with E-state index in [1.165, 1.54) is 18.2 Å². The van der Waals surface area contributed by atoms with Gasteiger partial charge in [0, 0.05) is 30.2 Å². The molecule has 0 saturated carbocycles. The topological polar surface area (TPSA) is 114 Å². The lowest BCUT2D eigenvalue weighted by atomic mass is 9.82. The molecule has 244 valence electrons. The Hall–Kier alpha value is -3.49. The molecule has 2 aromatic rings. The smallest absolute Gasteiger partial charge is 0.335 e. The van der Waals surface area contributed by atoms with Gasteiger partial charge in [-0.15, -0.1) is 0 Å². The van der Waals surface area contributed by atoms with E-state index in [1.54, 1.807) is 25.1 Å². The molecule has 0 bridgehead atoms. The van der Waals surface area contributed by atoms with Crippen LogP contribution in [-0.4, -0.2) is 53.7 Å². The third-order valence-electron chi connectivity index (χ3n) is 9.30. The SMILES string of the molecule is CC(C)C[C@@H]1OC(C)C(C)(C)CNC(=O)[C@@H](c2ccc(O)cc2)C(C)C(=O)/C=C/C[C@@H]([C@H](C)[C@H]2O[C@H]2c2ccccc2)OC1=O. The van der Waals surface area contributed by atoms with E-state index in [9.17, 15) is 19.5 Å². The fourth-order valence-electron chi connectivity index (χ4n) is 5.86. The predicted molar refractivity (Wildman–Crippen MR) is 172 cm³/mol. The Morgan fingerprint density at radius 3 is 2.24 bits per heavy atom. The summed E-state index contributed by atoms with van der Waals surface area (Å²) in [6.07, 6.45) is 2.03. The van der Waals surface area contributed by atoms with Crippen LogP contribution in [0.2, 0.25) is 0 Å². The van der Waals surface area contributed by atoms with Crippen molar-refractivity contribution in [2.75, 3.05) is 6.54 Å². The minimum atomic E-state index is -0.794. The van der Waals surface area contributed by atoms with E-state index >= 15 is 0 Å². The molecule has 0 radical (unpaired) electrons. The second kappa shape index (κ2) is 14.7. The highest BCUT2D eigenvalue weighted by atomic mass is 16.6. The van der Waals surface area contributed by atoms with Crippen LogP contribution in [0, 0.1) is 23.2 Å². The number of ether oxygens (including phenoxy) is 3. The van der Waals surface area contributed by atoms with Gasteiger partial charge >= 0.3 is 5.97 Å². The fraction of sp³-hybridized carbons (Fsp3) is 0.541. The number of carbonyl (C=O) groups is 3. The highest BCUT2D eigenvalue weighted by molar-refractivity contribution is 5.97. The summed E-state index contributed by atoms with van der Waals surface area (Å²) in [6, 6.07) is 16.4. The van der Waals surface area contributed by atoms with Crippen LogP contribution < -0.4 is 5.32 Å². The van der Waals surface area contributed by atoms with Gasteiger partial charge in [-0.2, -0.15) is 0 Å². The van der Waals surface area contributed by atoms with Crippen molar-refractivity contribution in [1.82, 2.24) is 5.32 Å². The molecule has 0 aromatic heterocycles. The largest absolute Gasteiger partial charge is 0.508 e. The molecule has 2 N–H and O–H groups in total. The maximum Gasteiger partial charge on any atom is 0.335 e. The molecule has 2 heterocycles. The van der Waals surface area contributed by atoms with E-state index in [0.717, 1.165) is 5.56 Å². The number of epoxide rings is 1. The third-order valence-corrected chi connectivity index (χ3v) is 9.30. The molecule has 1 saturated heterocycles. The van der Waals surface area contributed by atoms with E-state index in [1.807, 2.05) is 71.9 Å². The van der Waals surface area contributed by atoms with Crippen molar-refractivity contribution in [2.45, 2.75) is 97.7 Å². The number of phenolic OH excluding ortho intramolecular Hbond substituents is 1. The number of phenols is 1. The number of amides is 1. The molecule has 2 aliphatic rings. The van der Waals surface area contributed by atoms with Gasteiger partial charge in [0.1, 0.15) is 18.0 Å². The Morgan fingerprint density at radius 2 is 1.60 bits per heavy atom. The first-order chi connectivity index (χ1) is 21.3. The zero-order valence-electron chi connectivity index (χ0n) is 27.6. The highest BCUT2D eigenvalue weighted by Gasteiger charge is 2.48. The molecule has 8 heteroatoms. The van der Waals surface area contributed by atoms with Crippen molar-refractivity contribution in [3.63, 3.8) is 0 Å². The molecule has 0 spiro atoms. The van der Waals surface area contributed by atoms with Crippen LogP contribution in [0.25, 0.3) is 0 Å². The molecule has 1 amide bonds. The number of esters is 1. The maximum absolute atomic E-state index is 13.7. The minimum Gasteiger partial charge on any atom is -0.508 e. The molecule has 0 aliphatic carbocycles. The number of hydrogen-bond donors (Lipinski definition) is 2. The summed E-state index contributed by atoms with van der Waals surface area (Å²) in [5, 5.41) is 12.9. The lowest BCUT2D eigenvalue weighted by Crippen LogP contribution is -2.46. The number of rotatable bonds is 6. The van der Waals surface area contributed by atoms with Gasteiger partial charge in [0.25, 0.3) is 0 Å². The van der Waals surface area contributed by atoms with Gasteiger partial charge in [0.05, 0.1) is 18.1 Å². The van der Waals surface area contributed by atoms with Gasteiger partial charge in [-0.1, -0.05) is 90.1 Å². The third kappa shape index (κ3) is 8.82. The summed E-state index contributed by atoms with van der Waals surface area (Å²) in [6.45, 7) is 13.9. The van der Waals surface area contributed by atoms with Crippen LogP contribution >= 0.6 is 0 Å². The van der Waals surface area contributed by atoms with Crippen LogP contribution in [-0.2, 0) is 28.6 Å². The quantitative estimate of drug-likeness (QED) is 0.289. The van der Waals surface area contributed by atoms with Crippen molar-refractivity contribution >= 4 is 17.7 Å². The van der Waals surface area contributed by atoms with Gasteiger partial charge in [-0.25, -0.2) is 4.79 Å². The molecule has 2 aliphatic heterocycles. The summed E-state index contributed by atoms with van der Waals surface area (Å²) < 4.78 is 18.7. The Labute approximate surface area is 267 Å². The van der Waals surface area contributed by atoms with Crippen LogP contribution in [0.1, 0.15) is 84.5 Å². The summed E-state index contributed by atoms with van der Waals surface area (Å²) in [5.41, 5.74) is 1.16. The molecule has 2 aromatic carbocycles. The number of ketones is 1. The van der Waals surface area contributed by atoms with E-state index in [4.69, 9.17) is 14.2 Å². The van der Waals surface area contributed by atoms with Gasteiger partial charge < -0.3 is 24.6 Å². The minimum absolute atomic E-state index is 0.0816. The Balaban J connectivity index is 1.66. The van der Waals surface area contributed by atoms with Crippen LogP contribution in [0.5, 0.6) is 5.75 Å². The number of aromatic hydroxyl groups is 1. The second-order valence-corrected chi connectivity index (χ2v) is 13.8. The van der Waals surface area contributed by atoms with E-state index in [2.05, 4.69) is 5.32 Å². The van der Waals surface area contributed by atoms with Crippen molar-refractivity contribution in [3.05, 3.63) is 77.9 Å². The van der Waals surface area contributed by atoms with E-state index < -0.39 is 41.5 Å². The first-order valence-electron chi connectivity index (χ1n) is 16.1. The van der Waals surface area contributed by atoms with Gasteiger partial charge in [0.2, 0.25) is 5.91 Å². The van der Waals surface area contributed by atoms with Crippen molar-refractivity contribution in [1.29, 1.82) is 0 Å². The van der Waals surface area contributed by atoms with Crippen molar-refractivity contribution in [3.8, 4) is 5.75 Å². The normalized spacial score (nSPS) is 31.1. The lowest BCUT2D eigenvalue weighted by molar-refractivity contribution is -0.174. The summed E-state index contributed by atoms with van der Waals surface area (Å²) in [4.78, 5) is 40.9.